The van der Waals surface area contributed by atoms with Crippen molar-refractivity contribution in [3.8, 4) is 11.5 Å². The first-order valence-corrected chi connectivity index (χ1v) is 11.4. The summed E-state index contributed by atoms with van der Waals surface area (Å²) >= 11 is 5.88. The van der Waals surface area contributed by atoms with E-state index in [9.17, 15) is 9.59 Å². The molecule has 1 aliphatic rings. The van der Waals surface area contributed by atoms with Gasteiger partial charge in [-0.3, -0.25) is 14.5 Å². The predicted molar refractivity (Wildman–Crippen MR) is 119 cm³/mol. The molecule has 1 aliphatic heterocycles. The van der Waals surface area contributed by atoms with Crippen molar-refractivity contribution in [2.24, 2.45) is 0 Å². The maximum Gasteiger partial charge on any atom is 0.293 e. The molecule has 8 nitrogen and oxygen atoms in total. The highest BCUT2D eigenvalue weighted by molar-refractivity contribution is 9.10. The Bertz CT molecular complexity index is 1000. The Morgan fingerprint density at radius 1 is 1.27 bits per heavy atom. The number of thioether (sulfide) groups is 2. The normalized spacial score (nSPS) is 15.2. The molecular weight excluding hydrogens is 494 g/mol. The quantitative estimate of drug-likeness (QED) is 0.224. The Labute approximate surface area is 190 Å². The summed E-state index contributed by atoms with van der Waals surface area (Å²) in [7, 11) is 2.98. The van der Waals surface area contributed by atoms with Crippen molar-refractivity contribution in [2.45, 2.75) is 11.6 Å². The van der Waals surface area contributed by atoms with Crippen LogP contribution in [-0.4, -0.2) is 53.2 Å². The van der Waals surface area contributed by atoms with E-state index in [2.05, 4.69) is 25.9 Å². The molecule has 0 atom stereocenters. The lowest BCUT2D eigenvalue weighted by molar-refractivity contribution is -0.121. The van der Waals surface area contributed by atoms with E-state index in [1.165, 1.54) is 32.2 Å². The summed E-state index contributed by atoms with van der Waals surface area (Å²) in [4.78, 5) is 33.7. The number of benzene rings is 1. The summed E-state index contributed by atoms with van der Waals surface area (Å²) in [5.74, 6) is 0.574. The third kappa shape index (κ3) is 5.15. The van der Waals surface area contributed by atoms with Crippen molar-refractivity contribution >= 4 is 56.7 Å². The second kappa shape index (κ2) is 10.3. The number of hydrogen-bond acceptors (Lipinski definition) is 9. The Hall–Kier alpha value is -2.08. The molecule has 0 radical (unpaired) electrons. The monoisotopic (exact) mass is 511 g/mol. The summed E-state index contributed by atoms with van der Waals surface area (Å²) in [5, 5.41) is 0.505. The fourth-order valence-electron chi connectivity index (χ4n) is 2.48. The number of hydrogen-bond donors (Lipinski definition) is 0. The van der Waals surface area contributed by atoms with Gasteiger partial charge in [0.15, 0.2) is 18.3 Å². The molecule has 0 bridgehead atoms. The van der Waals surface area contributed by atoms with Crippen LogP contribution in [0.5, 0.6) is 11.5 Å². The summed E-state index contributed by atoms with van der Waals surface area (Å²) in [6, 6.07) is 3.47. The van der Waals surface area contributed by atoms with Gasteiger partial charge in [0.05, 0.1) is 4.91 Å². The highest BCUT2D eigenvalue weighted by atomic mass is 79.9. The average molecular weight is 512 g/mol. The van der Waals surface area contributed by atoms with Gasteiger partial charge < -0.3 is 14.2 Å². The molecule has 0 aliphatic carbocycles. The molecule has 0 N–H and O–H groups in total. The Morgan fingerprint density at radius 3 is 2.70 bits per heavy atom. The van der Waals surface area contributed by atoms with E-state index in [0.717, 1.165) is 27.3 Å². The van der Waals surface area contributed by atoms with Crippen molar-refractivity contribution in [1.82, 2.24) is 14.9 Å². The van der Waals surface area contributed by atoms with Crippen LogP contribution in [0.3, 0.4) is 0 Å². The smallest absolute Gasteiger partial charge is 0.293 e. The lowest BCUT2D eigenvalue weighted by atomic mass is 10.2. The first-order chi connectivity index (χ1) is 14.4. The molecule has 3 rings (SSSR count). The molecule has 1 saturated heterocycles. The number of rotatable bonds is 8. The maximum atomic E-state index is 12.2. The van der Waals surface area contributed by atoms with Crippen molar-refractivity contribution in [3.63, 3.8) is 0 Å². The number of carbonyl (C=O) groups excluding carboxylic acids is 2. The standard InChI is InChI=1S/C19H18BrN3O5S2/c1-23-18(24)16(30-19(23)25)5-11-4-14(15(6-13(11)20)28-10-26-2)27-8-12-7-21-9-22-17(12)29-3/h4-7,9H,8,10H2,1-3H3/b16-5-. The van der Waals surface area contributed by atoms with Crippen molar-refractivity contribution in [2.75, 3.05) is 27.2 Å². The lowest BCUT2D eigenvalue weighted by Crippen LogP contribution is -2.22. The molecule has 2 aromatic rings. The molecule has 158 valence electrons. The molecule has 2 amide bonds. The van der Waals surface area contributed by atoms with Crippen molar-refractivity contribution in [3.05, 3.63) is 45.2 Å². The summed E-state index contributed by atoms with van der Waals surface area (Å²) in [6.45, 7) is 0.272. The van der Waals surface area contributed by atoms with Crippen LogP contribution in [0.4, 0.5) is 4.79 Å². The maximum absolute atomic E-state index is 12.2. The van der Waals surface area contributed by atoms with Gasteiger partial charge in [0.2, 0.25) is 0 Å². The van der Waals surface area contributed by atoms with Gasteiger partial charge in [-0.15, -0.1) is 11.8 Å². The van der Waals surface area contributed by atoms with Gasteiger partial charge in [-0.25, -0.2) is 9.97 Å². The van der Waals surface area contributed by atoms with E-state index >= 15 is 0 Å². The van der Waals surface area contributed by atoms with Crippen molar-refractivity contribution < 1.29 is 23.8 Å². The number of halogens is 1. The van der Waals surface area contributed by atoms with Crippen molar-refractivity contribution in [1.29, 1.82) is 0 Å². The SMILES string of the molecule is COCOc1cc(Br)c(/C=C2\SC(=O)N(C)C2=O)cc1OCc1cncnc1SC. The molecular formula is C19H18BrN3O5S2. The van der Waals surface area contributed by atoms with Crippen LogP contribution in [0.25, 0.3) is 6.08 Å². The highest BCUT2D eigenvalue weighted by Crippen LogP contribution is 2.38. The number of aromatic nitrogens is 2. The van der Waals surface area contributed by atoms with E-state index in [0.29, 0.717) is 26.4 Å². The first kappa shape index (κ1) is 22.6. The Morgan fingerprint density at radius 2 is 2.03 bits per heavy atom. The van der Waals surface area contributed by atoms with Crippen LogP contribution >= 0.6 is 39.5 Å². The van der Waals surface area contributed by atoms with Crippen LogP contribution in [0.2, 0.25) is 0 Å². The number of carbonyl (C=O) groups is 2. The number of amides is 2. The van der Waals surface area contributed by atoms with Gasteiger partial charge in [-0.1, -0.05) is 15.9 Å². The van der Waals surface area contributed by atoms with Gasteiger partial charge in [0, 0.05) is 30.4 Å². The van der Waals surface area contributed by atoms with Crippen LogP contribution in [0, 0.1) is 0 Å². The van der Waals surface area contributed by atoms with E-state index in [1.807, 2.05) is 6.26 Å². The second-order valence-corrected chi connectivity index (χ2v) is 8.60. The first-order valence-electron chi connectivity index (χ1n) is 8.57. The fourth-order valence-corrected chi connectivity index (χ4v) is 4.26. The number of methoxy groups -OCH3 is 1. The molecule has 0 saturated carbocycles. The summed E-state index contributed by atoms with van der Waals surface area (Å²) in [6.07, 6.45) is 6.76. The van der Waals surface area contributed by atoms with Gasteiger partial charge in [-0.2, -0.15) is 0 Å². The highest BCUT2D eigenvalue weighted by Gasteiger charge is 2.32. The largest absolute Gasteiger partial charge is 0.485 e. The van der Waals surface area contributed by atoms with E-state index < -0.39 is 0 Å². The minimum Gasteiger partial charge on any atom is -0.485 e. The topological polar surface area (TPSA) is 90.9 Å². The van der Waals surface area contributed by atoms with E-state index in [1.54, 1.807) is 24.4 Å². The van der Waals surface area contributed by atoms with Crippen LogP contribution in [0.15, 0.2) is 39.1 Å². The zero-order valence-electron chi connectivity index (χ0n) is 16.4. The minimum absolute atomic E-state index is 0.0430. The second-order valence-electron chi connectivity index (χ2n) is 5.96. The van der Waals surface area contributed by atoms with Crippen LogP contribution < -0.4 is 9.47 Å². The summed E-state index contributed by atoms with van der Waals surface area (Å²) in [5.41, 5.74) is 1.50. The zero-order valence-corrected chi connectivity index (χ0v) is 19.6. The lowest BCUT2D eigenvalue weighted by Gasteiger charge is -2.15. The molecule has 30 heavy (non-hydrogen) atoms. The Kier molecular flexibility index (Phi) is 7.75. The van der Waals surface area contributed by atoms with Gasteiger partial charge >= 0.3 is 0 Å². The molecule has 2 heterocycles. The number of nitrogens with zero attached hydrogens (tertiary/aromatic N) is 3. The van der Waals surface area contributed by atoms with Gasteiger partial charge in [0.1, 0.15) is 18.0 Å². The molecule has 1 fully saturated rings. The number of likely N-dealkylation sites (N-methyl/N-ethyl adjacent to an activating group) is 1. The number of ether oxygens (including phenoxy) is 3. The molecule has 0 unspecified atom stereocenters. The minimum atomic E-state index is -0.342. The summed E-state index contributed by atoms with van der Waals surface area (Å²) < 4.78 is 17.3. The molecule has 1 aromatic heterocycles. The predicted octanol–water partition coefficient (Wildman–Crippen LogP) is 4.19. The Balaban J connectivity index is 1.92. The zero-order chi connectivity index (χ0) is 21.7. The third-order valence-corrected chi connectivity index (χ3v) is 6.39. The fraction of sp³-hybridized carbons (Fsp3) is 0.263. The molecule has 0 spiro atoms. The average Bonchev–Trinajstić information content (AvgIpc) is 2.99. The van der Waals surface area contributed by atoms with Crippen LogP contribution in [-0.2, 0) is 16.1 Å². The molecule has 1 aromatic carbocycles. The van der Waals surface area contributed by atoms with Crippen LogP contribution in [0.1, 0.15) is 11.1 Å². The molecule has 11 heteroatoms. The van der Waals surface area contributed by atoms with Gasteiger partial charge in [-0.05, 0) is 41.8 Å². The van der Waals surface area contributed by atoms with Gasteiger partial charge in [0.25, 0.3) is 11.1 Å². The van der Waals surface area contributed by atoms with E-state index in [4.69, 9.17) is 14.2 Å². The van der Waals surface area contributed by atoms with E-state index in [-0.39, 0.29) is 24.5 Å². The number of imide groups is 1. The third-order valence-electron chi connectivity index (χ3n) is 3.99.